The monoisotopic (exact) mass is 236 g/mol. The third-order valence-electron chi connectivity index (χ3n) is 2.90. The average molecular weight is 236 g/mol. The zero-order chi connectivity index (χ0) is 13.0. The number of carboxylic acids is 1. The Kier molecular flexibility index (Phi) is 4.55. The van der Waals surface area contributed by atoms with Gasteiger partial charge in [0.1, 0.15) is 5.75 Å². The van der Waals surface area contributed by atoms with Crippen LogP contribution in [0.3, 0.4) is 0 Å². The maximum atomic E-state index is 10.5. The van der Waals surface area contributed by atoms with E-state index in [1.807, 2.05) is 13.8 Å². The lowest BCUT2D eigenvalue weighted by atomic mass is 9.95. The van der Waals surface area contributed by atoms with Gasteiger partial charge in [-0.3, -0.25) is 0 Å². The number of aliphatic carboxylic acids is 1. The summed E-state index contributed by atoms with van der Waals surface area (Å²) < 4.78 is 5.37. The molecule has 1 aromatic rings. The Morgan fingerprint density at radius 2 is 1.94 bits per heavy atom. The summed E-state index contributed by atoms with van der Waals surface area (Å²) in [6.07, 6.45) is 2.07. The molecule has 0 bridgehead atoms. The van der Waals surface area contributed by atoms with Crippen molar-refractivity contribution in [3.63, 3.8) is 0 Å². The quantitative estimate of drug-likeness (QED) is 0.854. The molecule has 0 fully saturated rings. The molecule has 0 aliphatic heterocycles. The fourth-order valence-electron chi connectivity index (χ4n) is 2.20. The van der Waals surface area contributed by atoms with Crippen molar-refractivity contribution in [3.8, 4) is 5.75 Å². The van der Waals surface area contributed by atoms with E-state index in [0.29, 0.717) is 0 Å². The minimum Gasteiger partial charge on any atom is -0.481 e. The minimum atomic E-state index is -0.943. The summed E-state index contributed by atoms with van der Waals surface area (Å²) in [4.78, 5) is 10.5. The molecule has 1 aromatic carbocycles. The van der Waals surface area contributed by atoms with Gasteiger partial charge < -0.3 is 9.84 Å². The molecule has 17 heavy (non-hydrogen) atoms. The number of benzene rings is 1. The second-order valence-electron chi connectivity index (χ2n) is 4.38. The Morgan fingerprint density at radius 3 is 2.47 bits per heavy atom. The number of carbonyl (C=O) groups is 1. The molecule has 0 heterocycles. The van der Waals surface area contributed by atoms with Gasteiger partial charge in [-0.25, -0.2) is 4.79 Å². The molecule has 1 rings (SSSR count). The van der Waals surface area contributed by atoms with Crippen LogP contribution >= 0.6 is 0 Å². The molecule has 0 atom stereocenters. The minimum absolute atomic E-state index is 0.281. The molecule has 0 saturated heterocycles. The SMILES string of the molecule is CCCc1c(C)cc(C)c(OCC(=O)O)c1C. The van der Waals surface area contributed by atoms with Crippen LogP contribution in [-0.2, 0) is 11.2 Å². The Balaban J connectivity index is 3.11. The molecular formula is C14H20O3. The van der Waals surface area contributed by atoms with E-state index in [0.717, 1.165) is 29.7 Å². The molecule has 0 unspecified atom stereocenters. The van der Waals surface area contributed by atoms with Crippen molar-refractivity contribution in [2.75, 3.05) is 6.61 Å². The number of ether oxygens (including phenoxy) is 1. The van der Waals surface area contributed by atoms with Crippen molar-refractivity contribution in [1.82, 2.24) is 0 Å². The Bertz CT molecular complexity index is 422. The molecule has 0 saturated carbocycles. The van der Waals surface area contributed by atoms with Crippen LogP contribution in [0, 0.1) is 20.8 Å². The van der Waals surface area contributed by atoms with Crippen LogP contribution in [0.4, 0.5) is 0 Å². The second kappa shape index (κ2) is 5.71. The zero-order valence-corrected chi connectivity index (χ0v) is 11.0. The summed E-state index contributed by atoms with van der Waals surface area (Å²) in [6, 6.07) is 2.06. The first-order valence-electron chi connectivity index (χ1n) is 5.91. The van der Waals surface area contributed by atoms with Gasteiger partial charge >= 0.3 is 5.97 Å². The van der Waals surface area contributed by atoms with E-state index in [2.05, 4.69) is 19.9 Å². The van der Waals surface area contributed by atoms with Gasteiger partial charge in [-0.2, -0.15) is 0 Å². The Morgan fingerprint density at radius 1 is 1.29 bits per heavy atom. The fourth-order valence-corrected chi connectivity index (χ4v) is 2.20. The van der Waals surface area contributed by atoms with Crippen LogP contribution in [0.5, 0.6) is 5.75 Å². The molecule has 3 heteroatoms. The molecule has 0 amide bonds. The largest absolute Gasteiger partial charge is 0.481 e. The van der Waals surface area contributed by atoms with Crippen molar-refractivity contribution in [3.05, 3.63) is 28.3 Å². The van der Waals surface area contributed by atoms with Gasteiger partial charge in [-0.15, -0.1) is 0 Å². The normalized spacial score (nSPS) is 10.4. The van der Waals surface area contributed by atoms with Crippen molar-refractivity contribution < 1.29 is 14.6 Å². The van der Waals surface area contributed by atoms with Crippen molar-refractivity contribution in [1.29, 1.82) is 0 Å². The van der Waals surface area contributed by atoms with Crippen LogP contribution in [0.25, 0.3) is 0 Å². The highest BCUT2D eigenvalue weighted by Crippen LogP contribution is 2.29. The zero-order valence-electron chi connectivity index (χ0n) is 11.0. The van der Waals surface area contributed by atoms with Gasteiger partial charge in [0.05, 0.1) is 0 Å². The maximum absolute atomic E-state index is 10.5. The van der Waals surface area contributed by atoms with Crippen LogP contribution in [0.2, 0.25) is 0 Å². The standard InChI is InChI=1S/C14H20O3/c1-5-6-12-9(2)7-10(3)14(11(12)4)17-8-13(15)16/h7H,5-6,8H2,1-4H3,(H,15,16). The predicted molar refractivity (Wildman–Crippen MR) is 67.8 cm³/mol. The van der Waals surface area contributed by atoms with Crippen molar-refractivity contribution in [2.24, 2.45) is 0 Å². The van der Waals surface area contributed by atoms with Gasteiger partial charge in [0.2, 0.25) is 0 Å². The molecular weight excluding hydrogens is 216 g/mol. The van der Waals surface area contributed by atoms with Gasteiger partial charge in [0.15, 0.2) is 6.61 Å². The highest BCUT2D eigenvalue weighted by atomic mass is 16.5. The Labute approximate surface area is 102 Å². The topological polar surface area (TPSA) is 46.5 Å². The van der Waals surface area contributed by atoms with E-state index in [1.165, 1.54) is 11.1 Å². The van der Waals surface area contributed by atoms with E-state index in [1.54, 1.807) is 0 Å². The van der Waals surface area contributed by atoms with Crippen molar-refractivity contribution in [2.45, 2.75) is 40.5 Å². The van der Waals surface area contributed by atoms with Gasteiger partial charge in [0, 0.05) is 0 Å². The molecule has 0 aromatic heterocycles. The first-order valence-corrected chi connectivity index (χ1v) is 5.91. The van der Waals surface area contributed by atoms with E-state index in [9.17, 15) is 4.79 Å². The second-order valence-corrected chi connectivity index (χ2v) is 4.38. The lowest BCUT2D eigenvalue weighted by Crippen LogP contribution is -2.12. The van der Waals surface area contributed by atoms with Crippen LogP contribution in [0.15, 0.2) is 6.07 Å². The number of rotatable bonds is 5. The molecule has 94 valence electrons. The summed E-state index contributed by atoms with van der Waals surface area (Å²) in [6.45, 7) is 7.90. The van der Waals surface area contributed by atoms with E-state index in [-0.39, 0.29) is 6.61 Å². The summed E-state index contributed by atoms with van der Waals surface area (Å²) >= 11 is 0. The first-order chi connectivity index (χ1) is 7.97. The third-order valence-corrected chi connectivity index (χ3v) is 2.90. The number of hydrogen-bond donors (Lipinski definition) is 1. The van der Waals surface area contributed by atoms with Crippen LogP contribution in [-0.4, -0.2) is 17.7 Å². The van der Waals surface area contributed by atoms with E-state index >= 15 is 0 Å². The van der Waals surface area contributed by atoms with E-state index < -0.39 is 5.97 Å². The van der Waals surface area contributed by atoms with Gasteiger partial charge in [-0.05, 0) is 49.4 Å². The highest BCUT2D eigenvalue weighted by molar-refractivity contribution is 5.68. The molecule has 0 aliphatic carbocycles. The predicted octanol–water partition coefficient (Wildman–Crippen LogP) is 3.03. The van der Waals surface area contributed by atoms with Gasteiger partial charge in [-0.1, -0.05) is 19.4 Å². The van der Waals surface area contributed by atoms with E-state index in [4.69, 9.17) is 9.84 Å². The van der Waals surface area contributed by atoms with Gasteiger partial charge in [0.25, 0.3) is 0 Å². The molecule has 0 radical (unpaired) electrons. The Hall–Kier alpha value is -1.51. The smallest absolute Gasteiger partial charge is 0.341 e. The summed E-state index contributed by atoms with van der Waals surface area (Å²) in [5.74, 6) is -0.220. The van der Waals surface area contributed by atoms with Crippen LogP contribution < -0.4 is 4.74 Å². The summed E-state index contributed by atoms with van der Waals surface area (Å²) in [7, 11) is 0. The number of carboxylic acid groups (broad SMARTS) is 1. The molecule has 0 spiro atoms. The number of hydrogen-bond acceptors (Lipinski definition) is 2. The molecule has 3 nitrogen and oxygen atoms in total. The average Bonchev–Trinajstić information content (AvgIpc) is 2.23. The van der Waals surface area contributed by atoms with Crippen LogP contribution in [0.1, 0.15) is 35.6 Å². The van der Waals surface area contributed by atoms with Crippen molar-refractivity contribution >= 4 is 5.97 Å². The molecule has 1 N–H and O–H groups in total. The molecule has 0 aliphatic rings. The summed E-state index contributed by atoms with van der Waals surface area (Å²) in [5, 5.41) is 8.66. The number of aryl methyl sites for hydroxylation is 2. The maximum Gasteiger partial charge on any atom is 0.341 e. The fraction of sp³-hybridized carbons (Fsp3) is 0.500. The lowest BCUT2D eigenvalue weighted by molar-refractivity contribution is -0.139. The first kappa shape index (κ1) is 13.6. The third kappa shape index (κ3) is 3.22. The summed E-state index contributed by atoms with van der Waals surface area (Å²) in [5.41, 5.74) is 4.61. The highest BCUT2D eigenvalue weighted by Gasteiger charge is 2.12. The lowest BCUT2D eigenvalue weighted by Gasteiger charge is -2.16.